The number of nitrogens with zero attached hydrogens (tertiary/aromatic N) is 2. The molecule has 0 bridgehead atoms. The zero-order chi connectivity index (χ0) is 23.7. The smallest absolute Gasteiger partial charge is 0.391 e. The molecule has 0 radical (unpaired) electrons. The molecular formula is C21H26N3O7P. The minimum atomic E-state index is -2.60. The fraction of sp³-hybridized carbons (Fsp3) is 0.286. The number of carbonyl (C=O) groups is 1. The molecule has 0 fully saturated rings. The maximum atomic E-state index is 12.3. The Balaban J connectivity index is 0.00000176. The molecule has 32 heavy (non-hydrogen) atoms. The van der Waals surface area contributed by atoms with Crippen molar-refractivity contribution >= 4 is 25.5 Å². The van der Waals surface area contributed by atoms with Gasteiger partial charge in [0.2, 0.25) is 5.88 Å². The number of benzene rings is 2. The van der Waals surface area contributed by atoms with Gasteiger partial charge in [-0.15, -0.1) is 0 Å². The molecule has 1 heterocycles. The van der Waals surface area contributed by atoms with E-state index in [0.29, 0.717) is 28.1 Å². The van der Waals surface area contributed by atoms with Crippen LogP contribution in [0.15, 0.2) is 36.4 Å². The number of nitrogens with one attached hydrogen (secondary N) is 1. The van der Waals surface area contributed by atoms with Gasteiger partial charge in [0, 0.05) is 19.2 Å². The van der Waals surface area contributed by atoms with Crippen molar-refractivity contribution in [2.45, 2.75) is 20.5 Å². The molecule has 2 aromatic carbocycles. The first kappa shape index (κ1) is 25.1. The van der Waals surface area contributed by atoms with Gasteiger partial charge in [-0.3, -0.25) is 4.79 Å². The van der Waals surface area contributed by atoms with Crippen LogP contribution in [-0.2, 0) is 6.61 Å². The second-order valence-corrected chi connectivity index (χ2v) is 6.57. The molecule has 1 amide bonds. The Morgan fingerprint density at radius 3 is 2.09 bits per heavy atom. The number of hydrogen-bond acceptors (Lipinski definition) is 9. The van der Waals surface area contributed by atoms with Crippen molar-refractivity contribution < 1.29 is 33.3 Å². The number of rotatable bonds is 8. The molecule has 0 saturated heterocycles. The van der Waals surface area contributed by atoms with Crippen molar-refractivity contribution in [2.24, 2.45) is 0 Å². The fourth-order valence-corrected chi connectivity index (χ4v) is 3.03. The zero-order valence-corrected chi connectivity index (χ0v) is 19.3. The molecule has 0 aliphatic carbocycles. The Morgan fingerprint density at radius 1 is 1.03 bits per heavy atom. The first-order chi connectivity index (χ1) is 15.5. The molecule has 10 nitrogen and oxygen atoms in total. The fourth-order valence-electron chi connectivity index (χ4n) is 2.74. The van der Waals surface area contributed by atoms with Crippen LogP contribution in [0.2, 0.25) is 0 Å². The number of ether oxygens (including phenoxy) is 3. The lowest BCUT2D eigenvalue weighted by Gasteiger charge is -2.17. The van der Waals surface area contributed by atoms with E-state index in [1.54, 1.807) is 18.2 Å². The molecule has 1 aromatic heterocycles. The van der Waals surface area contributed by atoms with Gasteiger partial charge in [-0.05, 0) is 12.1 Å². The average molecular weight is 463 g/mol. The molecule has 0 unspecified atom stereocenters. The first-order valence-corrected chi connectivity index (χ1v) is 10.9. The molecule has 0 aliphatic rings. The third kappa shape index (κ3) is 5.94. The van der Waals surface area contributed by atoms with Gasteiger partial charge in [0.15, 0.2) is 5.69 Å². The predicted octanol–water partition coefficient (Wildman–Crippen LogP) is 3.20. The van der Waals surface area contributed by atoms with Crippen LogP contribution in [0.25, 0.3) is 11.0 Å². The second-order valence-electron chi connectivity index (χ2n) is 5.88. The lowest BCUT2D eigenvalue weighted by Crippen LogP contribution is -2.21. The molecule has 0 atom stereocenters. The number of fused-ring (bicyclic) bond motifs is 1. The van der Waals surface area contributed by atoms with Crippen LogP contribution in [0.3, 0.4) is 0 Å². The summed E-state index contributed by atoms with van der Waals surface area (Å²) in [6.45, 7) is 3.94. The Morgan fingerprint density at radius 2 is 1.59 bits per heavy atom. The molecule has 0 saturated carbocycles. The van der Waals surface area contributed by atoms with Crippen LogP contribution in [0.5, 0.6) is 23.1 Å². The highest BCUT2D eigenvalue weighted by molar-refractivity contribution is 7.39. The van der Waals surface area contributed by atoms with Crippen LogP contribution >= 0.6 is 8.60 Å². The number of methoxy groups -OCH3 is 2. The van der Waals surface area contributed by atoms with Crippen molar-refractivity contribution in [1.29, 1.82) is 0 Å². The molecule has 3 N–H and O–H groups in total. The summed E-state index contributed by atoms with van der Waals surface area (Å²) in [5.41, 5.74) is 1.68. The summed E-state index contributed by atoms with van der Waals surface area (Å²) in [5, 5.41) is 2.52. The highest BCUT2D eigenvalue weighted by Crippen LogP contribution is 2.39. The van der Waals surface area contributed by atoms with Crippen LogP contribution in [0, 0.1) is 0 Å². The van der Waals surface area contributed by atoms with Crippen molar-refractivity contribution in [1.82, 2.24) is 15.3 Å². The van der Waals surface area contributed by atoms with Crippen molar-refractivity contribution in [3.63, 3.8) is 0 Å². The summed E-state index contributed by atoms with van der Waals surface area (Å²) in [5.74, 6) is 0.421. The predicted molar refractivity (Wildman–Crippen MR) is 120 cm³/mol. The van der Waals surface area contributed by atoms with Gasteiger partial charge in [-0.1, -0.05) is 26.0 Å². The minimum absolute atomic E-state index is 0.0419. The van der Waals surface area contributed by atoms with E-state index in [1.165, 1.54) is 33.4 Å². The maximum absolute atomic E-state index is 12.3. The number of para-hydroxylation sites is 2. The van der Waals surface area contributed by atoms with E-state index in [2.05, 4.69) is 15.3 Å². The first-order valence-electron chi connectivity index (χ1n) is 9.69. The molecule has 3 rings (SSSR count). The van der Waals surface area contributed by atoms with E-state index in [4.69, 9.17) is 28.5 Å². The molecule has 0 aliphatic heterocycles. The topological polar surface area (TPSA) is 132 Å². The van der Waals surface area contributed by atoms with Crippen LogP contribution in [-0.4, -0.2) is 46.9 Å². The zero-order valence-electron chi connectivity index (χ0n) is 18.4. The van der Waals surface area contributed by atoms with Crippen LogP contribution < -0.4 is 24.1 Å². The van der Waals surface area contributed by atoms with Gasteiger partial charge in [0.05, 0.1) is 30.8 Å². The number of aromatic nitrogens is 2. The quantitative estimate of drug-likeness (QED) is 0.431. The Hall–Kier alpha value is -3.20. The summed E-state index contributed by atoms with van der Waals surface area (Å²) >= 11 is 0. The van der Waals surface area contributed by atoms with Crippen LogP contribution in [0.4, 0.5) is 0 Å². The standard InChI is InChI=1S/C19H20N3O7P.C2H6/c1-20-18(23)17-19(22-14-7-5-4-6-13(14)21-17)28-10-12-15(26-2)8-11(29-30(24)25)9-16(12)27-3;1-2/h4-9,24-25H,10H2,1-3H3,(H,20,23);1-2H3. The van der Waals surface area contributed by atoms with Gasteiger partial charge in [0.1, 0.15) is 23.9 Å². The molecular weight excluding hydrogens is 437 g/mol. The minimum Gasteiger partial charge on any atom is -0.496 e. The number of amides is 1. The molecule has 172 valence electrons. The van der Waals surface area contributed by atoms with Gasteiger partial charge in [-0.25, -0.2) is 9.97 Å². The summed E-state index contributed by atoms with van der Waals surface area (Å²) in [7, 11) is 1.77. The average Bonchev–Trinajstić information content (AvgIpc) is 2.82. The summed E-state index contributed by atoms with van der Waals surface area (Å²) in [6.07, 6.45) is 0. The lowest BCUT2D eigenvalue weighted by molar-refractivity contribution is 0.0952. The van der Waals surface area contributed by atoms with Gasteiger partial charge >= 0.3 is 8.60 Å². The van der Waals surface area contributed by atoms with E-state index in [9.17, 15) is 4.79 Å². The molecule has 0 spiro atoms. The Labute approximate surface area is 187 Å². The van der Waals surface area contributed by atoms with E-state index < -0.39 is 14.5 Å². The van der Waals surface area contributed by atoms with E-state index in [-0.39, 0.29) is 23.9 Å². The van der Waals surface area contributed by atoms with Gasteiger partial charge < -0.3 is 33.8 Å². The summed E-state index contributed by atoms with van der Waals surface area (Å²) in [4.78, 5) is 39.2. The summed E-state index contributed by atoms with van der Waals surface area (Å²) < 4.78 is 21.5. The molecule has 3 aromatic rings. The van der Waals surface area contributed by atoms with E-state index in [0.717, 1.165) is 0 Å². The van der Waals surface area contributed by atoms with Crippen molar-refractivity contribution in [2.75, 3.05) is 21.3 Å². The van der Waals surface area contributed by atoms with Gasteiger partial charge in [0.25, 0.3) is 5.91 Å². The van der Waals surface area contributed by atoms with Crippen molar-refractivity contribution in [3.8, 4) is 23.1 Å². The van der Waals surface area contributed by atoms with Gasteiger partial charge in [-0.2, -0.15) is 0 Å². The molecule has 11 heteroatoms. The number of carbonyl (C=O) groups excluding carboxylic acids is 1. The van der Waals surface area contributed by atoms with E-state index in [1.807, 2.05) is 19.9 Å². The van der Waals surface area contributed by atoms with E-state index >= 15 is 0 Å². The van der Waals surface area contributed by atoms with Crippen molar-refractivity contribution in [3.05, 3.63) is 47.7 Å². The lowest BCUT2D eigenvalue weighted by atomic mass is 10.1. The third-order valence-corrected chi connectivity index (χ3v) is 4.48. The maximum Gasteiger partial charge on any atom is 0.391 e. The highest BCUT2D eigenvalue weighted by Gasteiger charge is 2.20. The largest absolute Gasteiger partial charge is 0.496 e. The Bertz CT molecular complexity index is 1040. The number of hydrogen-bond donors (Lipinski definition) is 3. The highest BCUT2D eigenvalue weighted by atomic mass is 31.2. The normalized spacial score (nSPS) is 10.2. The Kier molecular flexibility index (Phi) is 9.39. The summed E-state index contributed by atoms with van der Waals surface area (Å²) in [6, 6.07) is 10.1. The monoisotopic (exact) mass is 463 g/mol. The third-order valence-electron chi connectivity index (χ3n) is 4.10. The second kappa shape index (κ2) is 12.0. The van der Waals surface area contributed by atoms with Crippen LogP contribution in [0.1, 0.15) is 29.9 Å². The SMILES string of the molecule is CC.CNC(=O)c1nc2ccccc2nc1OCc1c(OC)cc(OP(O)O)cc1OC.